The van der Waals surface area contributed by atoms with E-state index < -0.39 is 0 Å². The molecule has 19 heavy (non-hydrogen) atoms. The van der Waals surface area contributed by atoms with E-state index in [1.54, 1.807) is 0 Å². The number of carbonyl (C=O) groups excluding carboxylic acids is 1. The summed E-state index contributed by atoms with van der Waals surface area (Å²) in [6.07, 6.45) is 2.58. The minimum atomic E-state index is -0.238. The van der Waals surface area contributed by atoms with Crippen molar-refractivity contribution in [3.8, 4) is 0 Å². The predicted octanol–water partition coefficient (Wildman–Crippen LogP) is 2.85. The van der Waals surface area contributed by atoms with Gasteiger partial charge in [-0.15, -0.1) is 0 Å². The molecule has 1 fully saturated rings. The van der Waals surface area contributed by atoms with Crippen LogP contribution in [0.2, 0.25) is 0 Å². The molecule has 104 valence electrons. The highest BCUT2D eigenvalue weighted by atomic mass is 32.2. The molecule has 0 bridgehead atoms. The van der Waals surface area contributed by atoms with Crippen molar-refractivity contribution in [2.75, 3.05) is 19.7 Å². The smallest absolute Gasteiger partial charge is 0.338 e. The molecule has 1 heterocycles. The molecule has 2 rings (SSSR count). The van der Waals surface area contributed by atoms with Crippen LogP contribution >= 0.6 is 11.8 Å². The summed E-state index contributed by atoms with van der Waals surface area (Å²) in [6.45, 7) is 4.52. The molecule has 0 aromatic heterocycles. The van der Waals surface area contributed by atoms with Crippen LogP contribution in [0.4, 0.5) is 0 Å². The van der Waals surface area contributed by atoms with Crippen LogP contribution in [0.25, 0.3) is 0 Å². The fourth-order valence-corrected chi connectivity index (χ4v) is 3.32. The maximum atomic E-state index is 11.5. The van der Waals surface area contributed by atoms with Gasteiger partial charge in [0.25, 0.3) is 0 Å². The Morgan fingerprint density at radius 3 is 2.84 bits per heavy atom. The van der Waals surface area contributed by atoms with Crippen molar-refractivity contribution in [3.05, 3.63) is 35.4 Å². The molecule has 1 N–H and O–H groups in total. The largest absolute Gasteiger partial charge is 0.462 e. The molecular weight excluding hydrogens is 258 g/mol. The Labute approximate surface area is 119 Å². The lowest BCUT2D eigenvalue weighted by Crippen LogP contribution is -2.31. The van der Waals surface area contributed by atoms with Gasteiger partial charge in [-0.2, -0.15) is 11.8 Å². The van der Waals surface area contributed by atoms with Crippen molar-refractivity contribution in [2.24, 2.45) is 0 Å². The fraction of sp³-hybridized carbons (Fsp3) is 0.533. The molecule has 3 nitrogen and oxygen atoms in total. The van der Waals surface area contributed by atoms with Crippen LogP contribution in [0.1, 0.15) is 35.7 Å². The summed E-state index contributed by atoms with van der Waals surface area (Å²) >= 11 is 2.00. The van der Waals surface area contributed by atoms with Gasteiger partial charge in [-0.3, -0.25) is 0 Å². The number of thioether (sulfide) groups is 1. The maximum Gasteiger partial charge on any atom is 0.338 e. The monoisotopic (exact) mass is 279 g/mol. The van der Waals surface area contributed by atoms with E-state index in [0.717, 1.165) is 24.1 Å². The van der Waals surface area contributed by atoms with E-state index in [1.807, 2.05) is 43.0 Å². The quantitative estimate of drug-likeness (QED) is 0.841. The van der Waals surface area contributed by atoms with Gasteiger partial charge in [0.1, 0.15) is 0 Å². The summed E-state index contributed by atoms with van der Waals surface area (Å²) in [5.74, 6) is 0.772. The summed E-state index contributed by atoms with van der Waals surface area (Å²) in [4.78, 5) is 11.5. The highest BCUT2D eigenvalue weighted by Gasteiger charge is 2.13. The van der Waals surface area contributed by atoms with Gasteiger partial charge in [0.05, 0.1) is 12.2 Å². The van der Waals surface area contributed by atoms with E-state index in [9.17, 15) is 4.79 Å². The molecule has 1 aromatic carbocycles. The predicted molar refractivity (Wildman–Crippen MR) is 79.6 cm³/mol. The zero-order valence-corrected chi connectivity index (χ0v) is 12.2. The number of nitrogens with one attached hydrogen (secondary N) is 1. The van der Waals surface area contributed by atoms with Crippen LogP contribution in [0, 0.1) is 0 Å². The van der Waals surface area contributed by atoms with Crippen LogP contribution in [0.15, 0.2) is 24.3 Å². The Kier molecular flexibility index (Phi) is 5.73. The Morgan fingerprint density at radius 2 is 2.21 bits per heavy atom. The van der Waals surface area contributed by atoms with Gasteiger partial charge in [0.2, 0.25) is 0 Å². The molecule has 1 saturated heterocycles. The van der Waals surface area contributed by atoms with Crippen molar-refractivity contribution in [1.29, 1.82) is 0 Å². The molecule has 0 radical (unpaired) electrons. The summed E-state index contributed by atoms with van der Waals surface area (Å²) in [5, 5.41) is 4.15. The lowest BCUT2D eigenvalue weighted by atomic mass is 10.1. The molecule has 1 atom stereocenters. The Bertz CT molecular complexity index is 399. The number of piperidine rings is 1. The van der Waals surface area contributed by atoms with Crippen molar-refractivity contribution < 1.29 is 9.53 Å². The molecule has 1 aliphatic rings. The average Bonchev–Trinajstić information content (AvgIpc) is 2.47. The normalized spacial score (nSPS) is 19.1. The lowest BCUT2D eigenvalue weighted by Gasteiger charge is -2.22. The molecule has 0 amide bonds. The number of hydrogen-bond donors (Lipinski definition) is 1. The summed E-state index contributed by atoms with van der Waals surface area (Å²) in [6, 6.07) is 7.75. The van der Waals surface area contributed by atoms with Gasteiger partial charge >= 0.3 is 5.97 Å². The first-order valence-electron chi connectivity index (χ1n) is 6.88. The second kappa shape index (κ2) is 7.56. The maximum absolute atomic E-state index is 11.5. The molecule has 0 saturated carbocycles. The van der Waals surface area contributed by atoms with E-state index in [-0.39, 0.29) is 5.97 Å². The molecule has 4 heteroatoms. The van der Waals surface area contributed by atoms with Crippen LogP contribution < -0.4 is 5.32 Å². The number of hydrogen-bond acceptors (Lipinski definition) is 4. The minimum absolute atomic E-state index is 0.238. The third-order valence-corrected chi connectivity index (χ3v) is 4.58. The van der Waals surface area contributed by atoms with E-state index >= 15 is 0 Å². The topological polar surface area (TPSA) is 38.3 Å². The first-order chi connectivity index (χ1) is 9.29. The molecular formula is C15H21NO2S. The fourth-order valence-electron chi connectivity index (χ4n) is 2.13. The van der Waals surface area contributed by atoms with E-state index in [0.29, 0.717) is 12.2 Å². The lowest BCUT2D eigenvalue weighted by molar-refractivity contribution is 0.0526. The summed E-state index contributed by atoms with van der Waals surface area (Å²) < 4.78 is 4.97. The van der Waals surface area contributed by atoms with Crippen molar-refractivity contribution >= 4 is 17.7 Å². The van der Waals surface area contributed by atoms with Crippen LogP contribution in [0.5, 0.6) is 0 Å². The molecule has 0 aliphatic carbocycles. The first kappa shape index (κ1) is 14.4. The molecule has 1 aromatic rings. The molecule has 0 spiro atoms. The summed E-state index contributed by atoms with van der Waals surface area (Å²) in [7, 11) is 0. The van der Waals surface area contributed by atoms with Crippen molar-refractivity contribution in [1.82, 2.24) is 5.32 Å². The van der Waals surface area contributed by atoms with Gasteiger partial charge in [-0.05, 0) is 44.0 Å². The molecule has 1 aliphatic heterocycles. The second-order valence-electron chi connectivity index (χ2n) is 4.70. The number of ether oxygens (including phenoxy) is 1. The van der Waals surface area contributed by atoms with Crippen LogP contribution in [-0.2, 0) is 10.5 Å². The highest BCUT2D eigenvalue weighted by Crippen LogP contribution is 2.23. The highest BCUT2D eigenvalue weighted by molar-refractivity contribution is 7.99. The minimum Gasteiger partial charge on any atom is -0.462 e. The number of rotatable bonds is 5. The standard InChI is InChI=1S/C15H21NO2S/c1-2-18-15(17)13-7-5-12(6-8-13)11-19-14-4-3-9-16-10-14/h5-8,14,16H,2-4,9-11H2,1H3. The Morgan fingerprint density at radius 1 is 1.42 bits per heavy atom. The van der Waals surface area contributed by atoms with Crippen LogP contribution in [-0.4, -0.2) is 30.9 Å². The third-order valence-electron chi connectivity index (χ3n) is 3.20. The zero-order valence-electron chi connectivity index (χ0n) is 11.4. The molecule has 1 unspecified atom stereocenters. The number of benzene rings is 1. The van der Waals surface area contributed by atoms with Gasteiger partial charge in [-0.25, -0.2) is 4.79 Å². The first-order valence-corrected chi connectivity index (χ1v) is 7.93. The van der Waals surface area contributed by atoms with Gasteiger partial charge in [0.15, 0.2) is 0 Å². The van der Waals surface area contributed by atoms with E-state index in [1.165, 1.54) is 18.4 Å². The van der Waals surface area contributed by atoms with Crippen molar-refractivity contribution in [3.63, 3.8) is 0 Å². The van der Waals surface area contributed by atoms with E-state index in [4.69, 9.17) is 4.74 Å². The van der Waals surface area contributed by atoms with Gasteiger partial charge in [-0.1, -0.05) is 12.1 Å². The SMILES string of the molecule is CCOC(=O)c1ccc(CSC2CCCNC2)cc1. The Balaban J connectivity index is 1.82. The number of carbonyl (C=O) groups is 1. The average molecular weight is 279 g/mol. The number of esters is 1. The van der Waals surface area contributed by atoms with E-state index in [2.05, 4.69) is 5.32 Å². The third kappa shape index (κ3) is 4.55. The van der Waals surface area contributed by atoms with Gasteiger partial charge < -0.3 is 10.1 Å². The second-order valence-corrected chi connectivity index (χ2v) is 5.99. The van der Waals surface area contributed by atoms with Crippen LogP contribution in [0.3, 0.4) is 0 Å². The Hall–Kier alpha value is -1.00. The summed E-state index contributed by atoms with van der Waals surface area (Å²) in [5.41, 5.74) is 1.90. The zero-order chi connectivity index (χ0) is 13.5. The van der Waals surface area contributed by atoms with Crippen molar-refractivity contribution in [2.45, 2.75) is 30.8 Å². The van der Waals surface area contributed by atoms with Gasteiger partial charge in [0, 0.05) is 17.5 Å².